The van der Waals surface area contributed by atoms with Crippen LogP contribution in [0.4, 0.5) is 5.69 Å². The number of hydrogen-bond acceptors (Lipinski definition) is 3. The quantitative estimate of drug-likeness (QED) is 0.874. The van der Waals surface area contributed by atoms with Crippen molar-refractivity contribution in [1.29, 1.82) is 0 Å². The Balaban J connectivity index is 1.99. The number of halogens is 1. The van der Waals surface area contributed by atoms with Crippen LogP contribution in [0.2, 0.25) is 5.02 Å². The summed E-state index contributed by atoms with van der Waals surface area (Å²) in [4.78, 5) is 14.4. The van der Waals surface area contributed by atoms with Crippen molar-refractivity contribution in [1.82, 2.24) is 4.90 Å². The third-order valence-electron chi connectivity index (χ3n) is 3.75. The highest BCUT2D eigenvalue weighted by Crippen LogP contribution is 2.23. The van der Waals surface area contributed by atoms with E-state index in [1.54, 1.807) is 7.11 Å². The van der Waals surface area contributed by atoms with Gasteiger partial charge in [0, 0.05) is 11.6 Å². The Morgan fingerprint density at radius 1 is 1.22 bits per heavy atom. The fourth-order valence-corrected chi connectivity index (χ4v) is 2.33. The van der Waals surface area contributed by atoms with Crippen molar-refractivity contribution in [2.45, 2.75) is 19.5 Å². The largest absolute Gasteiger partial charge is 0.495 e. The highest BCUT2D eigenvalue weighted by atomic mass is 35.5. The van der Waals surface area contributed by atoms with E-state index in [9.17, 15) is 4.79 Å². The Labute approximate surface area is 142 Å². The maximum absolute atomic E-state index is 12.4. The van der Waals surface area contributed by atoms with E-state index in [-0.39, 0.29) is 11.9 Å². The summed E-state index contributed by atoms with van der Waals surface area (Å²) in [5.41, 5.74) is 1.78. The summed E-state index contributed by atoms with van der Waals surface area (Å²) in [6.45, 7) is 2.54. The number of benzene rings is 2. The summed E-state index contributed by atoms with van der Waals surface area (Å²) in [6.07, 6.45) is 0. The van der Waals surface area contributed by atoms with Crippen LogP contribution in [0.3, 0.4) is 0 Å². The van der Waals surface area contributed by atoms with Gasteiger partial charge in [-0.15, -0.1) is 0 Å². The highest BCUT2D eigenvalue weighted by Gasteiger charge is 2.19. The predicted octanol–water partition coefficient (Wildman–Crippen LogP) is 3.81. The van der Waals surface area contributed by atoms with Crippen LogP contribution in [0, 0.1) is 0 Å². The minimum absolute atomic E-state index is 0.0778. The molecule has 122 valence electrons. The number of para-hydroxylation sites is 2. The van der Waals surface area contributed by atoms with E-state index in [2.05, 4.69) is 5.32 Å². The number of anilines is 1. The fourth-order valence-electron chi connectivity index (χ4n) is 2.20. The van der Waals surface area contributed by atoms with Crippen LogP contribution in [-0.2, 0) is 11.3 Å². The first-order valence-corrected chi connectivity index (χ1v) is 7.77. The van der Waals surface area contributed by atoms with E-state index < -0.39 is 0 Å². The first-order valence-electron chi connectivity index (χ1n) is 7.40. The summed E-state index contributed by atoms with van der Waals surface area (Å²) in [5, 5.41) is 3.62. The molecule has 1 amide bonds. The second-order valence-electron chi connectivity index (χ2n) is 5.41. The Hall–Kier alpha value is -2.04. The third-order valence-corrected chi connectivity index (χ3v) is 4.00. The van der Waals surface area contributed by atoms with Gasteiger partial charge in [0.2, 0.25) is 5.91 Å². The van der Waals surface area contributed by atoms with Crippen LogP contribution in [0.15, 0.2) is 48.5 Å². The van der Waals surface area contributed by atoms with E-state index in [0.29, 0.717) is 23.0 Å². The van der Waals surface area contributed by atoms with Gasteiger partial charge in [-0.25, -0.2) is 0 Å². The maximum Gasteiger partial charge on any atom is 0.241 e. The lowest BCUT2D eigenvalue weighted by Gasteiger charge is -2.24. The molecule has 1 atom stereocenters. The molecule has 0 spiro atoms. The Morgan fingerprint density at radius 2 is 1.87 bits per heavy atom. The number of nitrogens with one attached hydrogen (secondary N) is 1. The molecule has 0 saturated heterocycles. The number of carbonyl (C=O) groups excluding carboxylic acids is 1. The second-order valence-corrected chi connectivity index (χ2v) is 5.84. The van der Waals surface area contributed by atoms with Crippen LogP contribution < -0.4 is 10.1 Å². The molecule has 0 aliphatic carbocycles. The first-order chi connectivity index (χ1) is 11.0. The molecule has 0 aliphatic heterocycles. The molecule has 5 heteroatoms. The summed E-state index contributed by atoms with van der Waals surface area (Å²) in [5.74, 6) is 0.569. The van der Waals surface area contributed by atoms with Crippen molar-refractivity contribution in [2.24, 2.45) is 0 Å². The predicted molar refractivity (Wildman–Crippen MR) is 94.0 cm³/mol. The van der Waals surface area contributed by atoms with Gasteiger partial charge in [-0.05, 0) is 43.8 Å². The highest BCUT2D eigenvalue weighted by molar-refractivity contribution is 6.30. The van der Waals surface area contributed by atoms with Crippen LogP contribution in [0.5, 0.6) is 5.75 Å². The van der Waals surface area contributed by atoms with E-state index in [4.69, 9.17) is 16.3 Å². The summed E-state index contributed by atoms with van der Waals surface area (Å²) >= 11 is 5.89. The van der Waals surface area contributed by atoms with Crippen molar-refractivity contribution in [2.75, 3.05) is 19.5 Å². The molecule has 2 aromatic carbocycles. The van der Waals surface area contributed by atoms with Crippen LogP contribution in [-0.4, -0.2) is 31.0 Å². The van der Waals surface area contributed by atoms with Gasteiger partial charge in [0.15, 0.2) is 0 Å². The Bertz CT molecular complexity index is 658. The van der Waals surface area contributed by atoms with Crippen LogP contribution in [0.25, 0.3) is 0 Å². The molecule has 2 aromatic rings. The van der Waals surface area contributed by atoms with Crippen molar-refractivity contribution >= 4 is 23.2 Å². The second kappa shape index (κ2) is 7.99. The van der Waals surface area contributed by atoms with Crippen molar-refractivity contribution in [3.63, 3.8) is 0 Å². The average molecular weight is 333 g/mol. The van der Waals surface area contributed by atoms with Crippen LogP contribution in [0.1, 0.15) is 12.5 Å². The molecule has 0 radical (unpaired) electrons. The number of amides is 1. The summed E-state index contributed by atoms with van der Waals surface area (Å²) in [6, 6.07) is 14.7. The monoisotopic (exact) mass is 332 g/mol. The smallest absolute Gasteiger partial charge is 0.241 e. The van der Waals surface area contributed by atoms with Gasteiger partial charge >= 0.3 is 0 Å². The number of ether oxygens (including phenoxy) is 1. The minimum atomic E-state index is -0.282. The molecule has 0 fully saturated rings. The number of methoxy groups -OCH3 is 1. The standard InChI is InChI=1S/C18H21ClN2O2/c1-13(21(2)12-14-8-10-15(19)11-9-14)18(22)20-16-6-4-5-7-17(16)23-3/h4-11,13H,12H2,1-3H3,(H,20,22)/t13-/m0/s1. The SMILES string of the molecule is COc1ccccc1NC(=O)[C@H](C)N(C)Cc1ccc(Cl)cc1. The zero-order valence-electron chi connectivity index (χ0n) is 13.5. The van der Waals surface area contributed by atoms with Gasteiger partial charge in [-0.2, -0.15) is 0 Å². The summed E-state index contributed by atoms with van der Waals surface area (Å²) in [7, 11) is 3.50. The molecular formula is C18H21ClN2O2. The molecule has 2 rings (SSSR count). The molecule has 0 saturated carbocycles. The van der Waals surface area contributed by atoms with Crippen molar-refractivity contribution in [3.8, 4) is 5.75 Å². The molecule has 1 N–H and O–H groups in total. The topological polar surface area (TPSA) is 41.6 Å². The molecular weight excluding hydrogens is 312 g/mol. The molecule has 0 aliphatic rings. The molecule has 0 aromatic heterocycles. The third kappa shape index (κ3) is 4.71. The van der Waals surface area contributed by atoms with Gasteiger partial charge in [-0.1, -0.05) is 35.9 Å². The van der Waals surface area contributed by atoms with Gasteiger partial charge < -0.3 is 10.1 Å². The van der Waals surface area contributed by atoms with Gasteiger partial charge in [0.05, 0.1) is 18.8 Å². The zero-order chi connectivity index (χ0) is 16.8. The van der Waals surface area contributed by atoms with Crippen molar-refractivity contribution in [3.05, 3.63) is 59.1 Å². The maximum atomic E-state index is 12.4. The fraction of sp³-hybridized carbons (Fsp3) is 0.278. The first kappa shape index (κ1) is 17.3. The van der Waals surface area contributed by atoms with E-state index in [1.807, 2.05) is 67.4 Å². The molecule has 0 unspecified atom stereocenters. The average Bonchev–Trinajstić information content (AvgIpc) is 2.56. The lowest BCUT2D eigenvalue weighted by atomic mass is 10.2. The Kier molecular flexibility index (Phi) is 6.02. The van der Waals surface area contributed by atoms with Gasteiger partial charge in [0.25, 0.3) is 0 Å². The number of likely N-dealkylation sites (N-methyl/N-ethyl adjacent to an activating group) is 1. The molecule has 23 heavy (non-hydrogen) atoms. The summed E-state index contributed by atoms with van der Waals surface area (Å²) < 4.78 is 5.25. The zero-order valence-corrected chi connectivity index (χ0v) is 14.3. The normalized spacial score (nSPS) is 12.0. The van der Waals surface area contributed by atoms with Gasteiger partial charge in [0.1, 0.15) is 5.75 Å². The lowest BCUT2D eigenvalue weighted by Crippen LogP contribution is -2.39. The van der Waals surface area contributed by atoms with E-state index in [0.717, 1.165) is 5.56 Å². The number of carbonyl (C=O) groups is 1. The van der Waals surface area contributed by atoms with Crippen LogP contribution >= 0.6 is 11.6 Å². The molecule has 4 nitrogen and oxygen atoms in total. The number of rotatable bonds is 6. The van der Waals surface area contributed by atoms with Crippen molar-refractivity contribution < 1.29 is 9.53 Å². The number of hydrogen-bond donors (Lipinski definition) is 1. The van der Waals surface area contributed by atoms with Gasteiger partial charge in [-0.3, -0.25) is 9.69 Å². The number of nitrogens with zero attached hydrogens (tertiary/aromatic N) is 1. The molecule has 0 bridgehead atoms. The Morgan fingerprint density at radius 3 is 2.52 bits per heavy atom. The van der Waals surface area contributed by atoms with E-state index >= 15 is 0 Å². The lowest BCUT2D eigenvalue weighted by molar-refractivity contribution is -0.120. The molecule has 0 heterocycles. The minimum Gasteiger partial charge on any atom is -0.495 e. The van der Waals surface area contributed by atoms with E-state index in [1.165, 1.54) is 0 Å².